The quantitative estimate of drug-likeness (QED) is 0.743. The molecule has 2 amide bonds. The van der Waals surface area contributed by atoms with Gasteiger partial charge < -0.3 is 20.1 Å². The molecule has 1 aliphatic heterocycles. The zero-order chi connectivity index (χ0) is 18.6. The molecule has 0 saturated carbocycles. The van der Waals surface area contributed by atoms with E-state index in [1.807, 2.05) is 6.92 Å². The van der Waals surface area contributed by atoms with E-state index in [2.05, 4.69) is 15.6 Å². The number of aromatic nitrogens is 1. The molecule has 2 heterocycles. The molecule has 0 fully saturated rings. The second-order valence-electron chi connectivity index (χ2n) is 5.40. The first-order chi connectivity index (χ1) is 11.9. The van der Waals surface area contributed by atoms with Crippen molar-refractivity contribution in [2.75, 3.05) is 13.2 Å². The molecule has 2 N–H and O–H groups in total. The molecule has 0 bridgehead atoms. The van der Waals surface area contributed by atoms with Crippen LogP contribution >= 0.6 is 11.3 Å². The SMILES string of the molecule is CCOC(=O)C1=C(COC(=O)c2sc(C)nc2C)NC(=O)N[C@H]1CC. The van der Waals surface area contributed by atoms with Gasteiger partial charge in [-0.25, -0.2) is 19.4 Å². The topological polar surface area (TPSA) is 107 Å². The molecule has 1 aromatic heterocycles. The monoisotopic (exact) mass is 367 g/mol. The van der Waals surface area contributed by atoms with E-state index >= 15 is 0 Å². The highest BCUT2D eigenvalue weighted by Gasteiger charge is 2.32. The molecule has 2 rings (SSSR count). The number of amides is 2. The number of rotatable bonds is 6. The molecule has 1 atom stereocenters. The fraction of sp³-hybridized carbons (Fsp3) is 0.500. The number of esters is 2. The fourth-order valence-corrected chi connectivity index (χ4v) is 3.31. The van der Waals surface area contributed by atoms with Crippen molar-refractivity contribution in [1.29, 1.82) is 0 Å². The van der Waals surface area contributed by atoms with Crippen LogP contribution in [0, 0.1) is 13.8 Å². The lowest BCUT2D eigenvalue weighted by atomic mass is 10.0. The summed E-state index contributed by atoms with van der Waals surface area (Å²) in [4.78, 5) is 40.8. The van der Waals surface area contributed by atoms with Crippen molar-refractivity contribution in [2.24, 2.45) is 0 Å². The lowest BCUT2D eigenvalue weighted by Crippen LogP contribution is -2.51. The molecule has 1 aromatic rings. The minimum Gasteiger partial charge on any atom is -0.463 e. The molecule has 0 spiro atoms. The Labute approximate surface area is 149 Å². The third-order valence-corrected chi connectivity index (χ3v) is 4.64. The number of carbonyl (C=O) groups is 3. The van der Waals surface area contributed by atoms with Crippen molar-refractivity contribution in [3.05, 3.63) is 26.8 Å². The molecule has 9 heteroatoms. The minimum atomic E-state index is -0.544. The zero-order valence-corrected chi connectivity index (χ0v) is 15.4. The summed E-state index contributed by atoms with van der Waals surface area (Å²) < 4.78 is 10.3. The van der Waals surface area contributed by atoms with Gasteiger partial charge in [-0.15, -0.1) is 11.3 Å². The molecule has 0 aliphatic carbocycles. The van der Waals surface area contributed by atoms with Crippen LogP contribution in [-0.4, -0.2) is 42.2 Å². The summed E-state index contributed by atoms with van der Waals surface area (Å²) in [5.74, 6) is -1.09. The minimum absolute atomic E-state index is 0.207. The molecule has 0 unspecified atom stereocenters. The van der Waals surface area contributed by atoms with Crippen molar-refractivity contribution in [2.45, 2.75) is 40.2 Å². The van der Waals surface area contributed by atoms with Gasteiger partial charge >= 0.3 is 18.0 Å². The van der Waals surface area contributed by atoms with E-state index in [0.717, 1.165) is 5.01 Å². The maximum Gasteiger partial charge on any atom is 0.350 e. The highest BCUT2D eigenvalue weighted by atomic mass is 32.1. The number of urea groups is 1. The van der Waals surface area contributed by atoms with E-state index in [0.29, 0.717) is 17.0 Å². The van der Waals surface area contributed by atoms with Crippen LogP contribution in [0.5, 0.6) is 0 Å². The van der Waals surface area contributed by atoms with Crippen LogP contribution in [0.2, 0.25) is 0 Å². The molecule has 0 radical (unpaired) electrons. The molecular weight excluding hydrogens is 346 g/mol. The van der Waals surface area contributed by atoms with Crippen LogP contribution in [0.25, 0.3) is 0 Å². The lowest BCUT2D eigenvalue weighted by molar-refractivity contribution is -0.139. The number of nitrogens with one attached hydrogen (secondary N) is 2. The Bertz CT molecular complexity index is 725. The van der Waals surface area contributed by atoms with Gasteiger partial charge in [-0.05, 0) is 27.2 Å². The summed E-state index contributed by atoms with van der Waals surface area (Å²) in [7, 11) is 0. The van der Waals surface area contributed by atoms with Gasteiger partial charge in [0, 0.05) is 0 Å². The van der Waals surface area contributed by atoms with E-state index in [1.165, 1.54) is 11.3 Å². The summed E-state index contributed by atoms with van der Waals surface area (Å²) in [6.07, 6.45) is 0.506. The van der Waals surface area contributed by atoms with E-state index < -0.39 is 24.0 Å². The third kappa shape index (κ3) is 4.36. The fourth-order valence-electron chi connectivity index (χ4n) is 2.50. The van der Waals surface area contributed by atoms with E-state index in [9.17, 15) is 14.4 Å². The van der Waals surface area contributed by atoms with Crippen molar-refractivity contribution in [1.82, 2.24) is 15.6 Å². The van der Waals surface area contributed by atoms with Gasteiger partial charge in [0.1, 0.15) is 11.5 Å². The molecular formula is C16H21N3O5S. The highest BCUT2D eigenvalue weighted by Crippen LogP contribution is 2.20. The van der Waals surface area contributed by atoms with Crippen molar-refractivity contribution in [3.8, 4) is 0 Å². The van der Waals surface area contributed by atoms with Crippen LogP contribution < -0.4 is 10.6 Å². The maximum absolute atomic E-state index is 12.2. The largest absolute Gasteiger partial charge is 0.463 e. The Morgan fingerprint density at radius 2 is 1.92 bits per heavy atom. The standard InChI is InChI=1S/C16H21N3O5S/c1-5-10-12(14(20)23-6-2)11(19-16(22)18-10)7-24-15(21)13-8(3)17-9(4)25-13/h10H,5-7H2,1-4H3,(H2,18,19,22)/t10-/m0/s1. The second kappa shape index (κ2) is 8.11. The second-order valence-corrected chi connectivity index (χ2v) is 6.60. The summed E-state index contributed by atoms with van der Waals surface area (Å²) in [5, 5.41) is 5.96. The van der Waals surface area contributed by atoms with Gasteiger partial charge in [0.05, 0.1) is 34.6 Å². The summed E-state index contributed by atoms with van der Waals surface area (Å²) >= 11 is 1.24. The van der Waals surface area contributed by atoms with Crippen LogP contribution in [0.4, 0.5) is 4.79 Å². The van der Waals surface area contributed by atoms with E-state index in [-0.39, 0.29) is 24.5 Å². The first-order valence-electron chi connectivity index (χ1n) is 7.96. The average Bonchev–Trinajstić information content (AvgIpc) is 2.90. The molecule has 0 saturated heterocycles. The van der Waals surface area contributed by atoms with Crippen LogP contribution in [0.15, 0.2) is 11.3 Å². The Morgan fingerprint density at radius 1 is 1.20 bits per heavy atom. The van der Waals surface area contributed by atoms with E-state index in [4.69, 9.17) is 9.47 Å². The van der Waals surface area contributed by atoms with Crippen LogP contribution in [-0.2, 0) is 14.3 Å². The van der Waals surface area contributed by atoms with Crippen molar-refractivity contribution < 1.29 is 23.9 Å². The molecule has 25 heavy (non-hydrogen) atoms. The molecule has 136 valence electrons. The summed E-state index contributed by atoms with van der Waals surface area (Å²) in [6.45, 7) is 7.04. The summed E-state index contributed by atoms with van der Waals surface area (Å²) in [5.41, 5.74) is 1.10. The van der Waals surface area contributed by atoms with Crippen LogP contribution in [0.3, 0.4) is 0 Å². The van der Waals surface area contributed by atoms with Gasteiger partial charge in [-0.3, -0.25) is 0 Å². The van der Waals surface area contributed by atoms with Crippen LogP contribution in [0.1, 0.15) is 40.6 Å². The first kappa shape index (κ1) is 18.9. The number of thiazole rings is 1. The first-order valence-corrected chi connectivity index (χ1v) is 8.77. The average molecular weight is 367 g/mol. The molecule has 1 aliphatic rings. The maximum atomic E-state index is 12.2. The number of aryl methyl sites for hydroxylation is 2. The zero-order valence-electron chi connectivity index (χ0n) is 14.6. The predicted molar refractivity (Wildman–Crippen MR) is 91.3 cm³/mol. The Morgan fingerprint density at radius 3 is 2.48 bits per heavy atom. The molecule has 0 aromatic carbocycles. The van der Waals surface area contributed by atoms with Gasteiger partial charge in [0.15, 0.2) is 0 Å². The van der Waals surface area contributed by atoms with Gasteiger partial charge in [0.25, 0.3) is 0 Å². The Hall–Kier alpha value is -2.42. The normalized spacial score (nSPS) is 17.0. The lowest BCUT2D eigenvalue weighted by Gasteiger charge is -2.28. The van der Waals surface area contributed by atoms with Gasteiger partial charge in [-0.1, -0.05) is 6.92 Å². The smallest absolute Gasteiger partial charge is 0.350 e. The Kier molecular flexibility index (Phi) is 6.13. The number of ether oxygens (including phenoxy) is 2. The number of nitrogens with zero attached hydrogens (tertiary/aromatic N) is 1. The Balaban J connectivity index is 2.22. The van der Waals surface area contributed by atoms with Gasteiger partial charge in [-0.2, -0.15) is 0 Å². The van der Waals surface area contributed by atoms with Crippen molar-refractivity contribution in [3.63, 3.8) is 0 Å². The summed E-state index contributed by atoms with van der Waals surface area (Å²) in [6, 6.07) is -0.940. The van der Waals surface area contributed by atoms with Gasteiger partial charge in [0.2, 0.25) is 0 Å². The number of hydrogen-bond acceptors (Lipinski definition) is 7. The number of carbonyl (C=O) groups excluding carboxylic acids is 3. The van der Waals surface area contributed by atoms with E-state index in [1.54, 1.807) is 20.8 Å². The highest BCUT2D eigenvalue weighted by molar-refractivity contribution is 7.13. The molecule has 8 nitrogen and oxygen atoms in total. The third-order valence-electron chi connectivity index (χ3n) is 3.58. The predicted octanol–water partition coefficient (Wildman–Crippen LogP) is 1.83. The van der Waals surface area contributed by atoms with Crippen molar-refractivity contribution >= 4 is 29.3 Å². The number of hydrogen-bond donors (Lipinski definition) is 2.